The number of hydrogen-bond acceptors (Lipinski definition) is 0. The molecule has 0 heterocycles. The fraction of sp³-hybridized carbons (Fsp3) is 0. The third kappa shape index (κ3) is 11.6. The van der Waals surface area contributed by atoms with Crippen LogP contribution in [-0.2, 0) is 47.8 Å². The Morgan fingerprint density at radius 1 is 0.310 bits per heavy atom. The summed E-state index contributed by atoms with van der Waals surface area (Å²) in [4.78, 5) is 0. The number of halogens is 2. The van der Waals surface area contributed by atoms with Crippen LogP contribution in [0.3, 0.4) is 0 Å². The molecule has 0 radical (unpaired) electrons. The average Bonchev–Trinajstić information content (AvgIpc) is 3.86. The predicted octanol–water partition coefficient (Wildman–Crippen LogP) is 11.0. The van der Waals surface area contributed by atoms with Gasteiger partial charge in [0.25, 0.3) is 0 Å². The van der Waals surface area contributed by atoms with E-state index in [2.05, 4.69) is 178 Å². The normalized spacial score (nSPS) is 9.05. The molecule has 8 aromatic rings. The number of fused-ring (bicyclic) bond motifs is 4. The van der Waals surface area contributed by atoms with E-state index in [1.54, 1.807) is 0 Å². The first-order valence-electron chi connectivity index (χ1n) is 13.0. The molecule has 8 aromatic carbocycles. The van der Waals surface area contributed by atoms with Crippen LogP contribution in [-0.4, -0.2) is 8.52 Å². The summed E-state index contributed by atoms with van der Waals surface area (Å²) in [5.41, 5.74) is 0. The number of benzene rings is 4. The van der Waals surface area contributed by atoms with Gasteiger partial charge in [0.05, 0.1) is 0 Å². The molecular weight excluding hydrogens is 884 g/mol. The fourth-order valence-corrected chi connectivity index (χ4v) is 4.28. The van der Waals surface area contributed by atoms with Crippen molar-refractivity contribution in [2.75, 3.05) is 0 Å². The van der Waals surface area contributed by atoms with Crippen LogP contribution in [0.25, 0.3) is 43.1 Å². The Bertz CT molecular complexity index is 1420. The van der Waals surface area contributed by atoms with Gasteiger partial charge in [-0.3, -0.25) is 0 Å². The van der Waals surface area contributed by atoms with Gasteiger partial charge in [0.2, 0.25) is 0 Å². The maximum atomic E-state index is 3.39. The predicted molar refractivity (Wildman–Crippen MR) is 187 cm³/mol. The molecule has 4 heteroatoms. The van der Waals surface area contributed by atoms with Crippen LogP contribution in [0.2, 0.25) is 0 Å². The van der Waals surface area contributed by atoms with E-state index in [0.29, 0.717) is 0 Å². The van der Waals surface area contributed by atoms with Gasteiger partial charge in [-0.2, -0.15) is 70.1 Å². The second-order valence-corrected chi connectivity index (χ2v) is 8.62. The minimum atomic E-state index is 0. The van der Waals surface area contributed by atoms with E-state index >= 15 is 0 Å². The summed E-state index contributed by atoms with van der Waals surface area (Å²) in [5, 5.41) is 10.6. The third-order valence-corrected chi connectivity index (χ3v) is 6.19. The molecule has 0 saturated carbocycles. The van der Waals surface area contributed by atoms with Crippen molar-refractivity contribution in [1.82, 2.24) is 0 Å². The van der Waals surface area contributed by atoms with Crippen LogP contribution in [0.5, 0.6) is 0 Å². The monoisotopic (exact) mass is 920 g/mol. The van der Waals surface area contributed by atoms with Gasteiger partial charge in [0.1, 0.15) is 0 Å². The Balaban J connectivity index is 0.000000265. The van der Waals surface area contributed by atoms with E-state index in [1.807, 2.05) is 0 Å². The summed E-state index contributed by atoms with van der Waals surface area (Å²) in [6.07, 6.45) is 0. The molecule has 0 saturated heterocycles. The molecule has 0 aliphatic rings. The Morgan fingerprint density at radius 3 is 0.690 bits per heavy atom. The standard InChI is InChI=1S/4C9H7.2CH2.2ClH.2Hf/c4*1-2-5-9-7-3-6-8(9)4-1;;;;;;/h4*1-7H;2*1H2;2*1H;;/q4*-1;;;;;2*+2. The minimum Gasteiger partial charge on any atom is -0.168 e. The minimum absolute atomic E-state index is 0. The van der Waals surface area contributed by atoms with Crippen molar-refractivity contribution in [3.05, 3.63) is 170 Å². The molecule has 0 N–H and O–H groups in total. The SMILES string of the molecule is Cl.Cl.[CH2]=[Hf+2].[CH2]=[Hf+2].c1ccc2[cH-]ccc2c1.c1ccc2[cH-]ccc2c1.c1ccc2[cH-]ccc2c1.c1ccc2[cH-]ccc2c1. The zero-order valence-corrected chi connectivity index (χ0v) is 32.2. The van der Waals surface area contributed by atoms with Gasteiger partial charge < -0.3 is 0 Å². The van der Waals surface area contributed by atoms with Gasteiger partial charge >= 0.3 is 56.3 Å². The average molecular weight is 919 g/mol. The molecule has 0 aliphatic heterocycles. The Morgan fingerprint density at radius 2 is 0.500 bits per heavy atom. The second kappa shape index (κ2) is 22.0. The van der Waals surface area contributed by atoms with E-state index < -0.39 is 0 Å². The zero-order valence-electron chi connectivity index (χ0n) is 23.4. The van der Waals surface area contributed by atoms with Gasteiger partial charge in [-0.25, -0.2) is 0 Å². The summed E-state index contributed by atoms with van der Waals surface area (Å²) >= 11 is 2.11. The molecule has 0 amide bonds. The largest absolute Gasteiger partial charge is 0.168 e. The molecule has 0 aliphatic carbocycles. The van der Waals surface area contributed by atoms with Crippen molar-refractivity contribution < 1.29 is 47.8 Å². The van der Waals surface area contributed by atoms with Crippen molar-refractivity contribution in [2.24, 2.45) is 0 Å². The maximum Gasteiger partial charge on any atom is -0.0809 e. The molecule has 42 heavy (non-hydrogen) atoms. The molecule has 0 atom stereocenters. The molecule has 8 rings (SSSR count). The molecule has 0 spiro atoms. The van der Waals surface area contributed by atoms with E-state index in [1.165, 1.54) is 43.1 Å². The van der Waals surface area contributed by atoms with E-state index in [0.717, 1.165) is 47.8 Å². The molecular formula is C38H34Cl2Hf2. The first kappa shape index (κ1) is 37.4. The Labute approximate surface area is 291 Å². The van der Waals surface area contributed by atoms with Gasteiger partial charge in [-0.1, -0.05) is 24.3 Å². The third-order valence-electron chi connectivity index (χ3n) is 6.19. The van der Waals surface area contributed by atoms with Crippen LogP contribution in [0.4, 0.5) is 0 Å². The van der Waals surface area contributed by atoms with Crippen molar-refractivity contribution >= 4 is 76.4 Å². The summed E-state index contributed by atoms with van der Waals surface area (Å²) < 4.78 is 6.78. The molecule has 0 fully saturated rings. The molecule has 208 valence electrons. The first-order valence-corrected chi connectivity index (χ1v) is 18.1. The van der Waals surface area contributed by atoms with Crippen LogP contribution in [0.15, 0.2) is 170 Å². The van der Waals surface area contributed by atoms with E-state index in [9.17, 15) is 0 Å². The molecule has 0 unspecified atom stereocenters. The van der Waals surface area contributed by atoms with Gasteiger partial charge in [-0.15, -0.1) is 143 Å². The second-order valence-electron chi connectivity index (χ2n) is 8.62. The topological polar surface area (TPSA) is 0 Å². The van der Waals surface area contributed by atoms with Crippen LogP contribution < -0.4 is 0 Å². The van der Waals surface area contributed by atoms with Gasteiger partial charge in [0, 0.05) is 0 Å². The zero-order chi connectivity index (χ0) is 28.4. The summed E-state index contributed by atoms with van der Waals surface area (Å²) in [6, 6.07) is 58.7. The maximum absolute atomic E-state index is 3.39. The van der Waals surface area contributed by atoms with Crippen LogP contribution in [0.1, 0.15) is 0 Å². The van der Waals surface area contributed by atoms with Crippen molar-refractivity contribution in [1.29, 1.82) is 0 Å². The van der Waals surface area contributed by atoms with Crippen molar-refractivity contribution in [2.45, 2.75) is 0 Å². The van der Waals surface area contributed by atoms with Crippen molar-refractivity contribution in [3.8, 4) is 0 Å². The quantitative estimate of drug-likeness (QED) is 0.105. The van der Waals surface area contributed by atoms with E-state index in [4.69, 9.17) is 0 Å². The summed E-state index contributed by atoms with van der Waals surface area (Å²) in [5.74, 6) is 0. The molecule has 0 aromatic heterocycles. The van der Waals surface area contributed by atoms with Gasteiger partial charge in [-0.05, 0) is 0 Å². The first-order chi connectivity index (χ1) is 19.9. The summed E-state index contributed by atoms with van der Waals surface area (Å²) in [7, 11) is 0. The molecule has 0 nitrogen and oxygen atoms in total. The Kier molecular flexibility index (Phi) is 19.6. The molecule has 0 bridgehead atoms. The van der Waals surface area contributed by atoms with Crippen LogP contribution in [0, 0.1) is 0 Å². The fourth-order valence-electron chi connectivity index (χ4n) is 4.28. The van der Waals surface area contributed by atoms with Gasteiger partial charge in [0.15, 0.2) is 0 Å². The Hall–Kier alpha value is -2.62. The van der Waals surface area contributed by atoms with Crippen LogP contribution >= 0.6 is 24.8 Å². The number of rotatable bonds is 0. The smallest absolute Gasteiger partial charge is 0.0809 e. The number of hydrogen-bond donors (Lipinski definition) is 0. The van der Waals surface area contributed by atoms with E-state index in [-0.39, 0.29) is 24.8 Å². The van der Waals surface area contributed by atoms with Crippen molar-refractivity contribution in [3.63, 3.8) is 0 Å². The summed E-state index contributed by atoms with van der Waals surface area (Å²) in [6.45, 7) is 0.